The van der Waals surface area contributed by atoms with Crippen LogP contribution in [0.5, 0.6) is 0 Å². The van der Waals surface area contributed by atoms with E-state index >= 15 is 0 Å². The molecule has 0 saturated carbocycles. The molecule has 2 aliphatic heterocycles. The van der Waals surface area contributed by atoms with Gasteiger partial charge >= 0.3 is 0 Å². The van der Waals surface area contributed by atoms with Crippen molar-refractivity contribution in [3.63, 3.8) is 0 Å². The van der Waals surface area contributed by atoms with Gasteiger partial charge in [-0.1, -0.05) is 30.0 Å². The molecule has 7 nitrogen and oxygen atoms in total. The van der Waals surface area contributed by atoms with Gasteiger partial charge < -0.3 is 9.80 Å². The van der Waals surface area contributed by atoms with Crippen LogP contribution in [0.3, 0.4) is 0 Å². The number of hydrogen-bond acceptors (Lipinski definition) is 5. The quantitative estimate of drug-likeness (QED) is 0.768. The smallest absolute Gasteiger partial charge is 0.281 e. The number of para-hydroxylation sites is 1. The highest BCUT2D eigenvalue weighted by atomic mass is 32.2. The number of benzene rings is 1. The maximum Gasteiger partial charge on any atom is 0.281 e. The van der Waals surface area contributed by atoms with Crippen LogP contribution in [0.2, 0.25) is 0 Å². The lowest BCUT2D eigenvalue weighted by Gasteiger charge is -2.30. The van der Waals surface area contributed by atoms with Crippen LogP contribution in [0.1, 0.15) is 18.4 Å². The molecule has 3 amide bonds. The molecular weight excluding hydrogens is 340 g/mol. The number of hydrogen-bond donors (Lipinski definition) is 2. The highest BCUT2D eigenvalue weighted by Gasteiger charge is 2.22. The predicted molar refractivity (Wildman–Crippen MR) is 97.3 cm³/mol. The van der Waals surface area contributed by atoms with Gasteiger partial charge in [0.15, 0.2) is 0 Å². The van der Waals surface area contributed by atoms with E-state index < -0.39 is 0 Å². The summed E-state index contributed by atoms with van der Waals surface area (Å²) in [6, 6.07) is 8.07. The van der Waals surface area contributed by atoms with Crippen molar-refractivity contribution in [3.05, 3.63) is 29.8 Å². The van der Waals surface area contributed by atoms with E-state index in [1.165, 1.54) is 17.3 Å². The first-order valence-corrected chi connectivity index (χ1v) is 9.44. The van der Waals surface area contributed by atoms with Crippen molar-refractivity contribution in [3.8, 4) is 0 Å². The summed E-state index contributed by atoms with van der Waals surface area (Å²) in [5.74, 6) is 0.226. The normalized spacial score (nSPS) is 16.6. The zero-order valence-electron chi connectivity index (χ0n) is 14.0. The molecule has 25 heavy (non-hydrogen) atoms. The summed E-state index contributed by atoms with van der Waals surface area (Å²) in [5.41, 5.74) is 7.22. The van der Waals surface area contributed by atoms with Gasteiger partial charge in [0, 0.05) is 37.5 Å². The summed E-state index contributed by atoms with van der Waals surface area (Å²) in [6.45, 7) is 2.09. The van der Waals surface area contributed by atoms with Crippen molar-refractivity contribution in [1.82, 2.24) is 15.8 Å². The second-order valence-corrected chi connectivity index (χ2v) is 7.15. The number of thioether (sulfide) groups is 1. The largest absolute Gasteiger partial charge is 0.362 e. The summed E-state index contributed by atoms with van der Waals surface area (Å²) in [6.07, 6.45) is 2.22. The summed E-state index contributed by atoms with van der Waals surface area (Å²) >= 11 is 1.27. The Labute approximate surface area is 151 Å². The Morgan fingerprint density at radius 2 is 1.88 bits per heavy atom. The molecule has 3 rings (SSSR count). The molecule has 0 aliphatic carbocycles. The van der Waals surface area contributed by atoms with Crippen LogP contribution < -0.4 is 15.8 Å². The number of hydrazine groups is 1. The maximum atomic E-state index is 12.1. The van der Waals surface area contributed by atoms with Gasteiger partial charge in [-0.05, 0) is 24.5 Å². The van der Waals surface area contributed by atoms with E-state index in [2.05, 4.69) is 16.9 Å². The Kier molecular flexibility index (Phi) is 5.80. The summed E-state index contributed by atoms with van der Waals surface area (Å²) in [4.78, 5) is 39.1. The van der Waals surface area contributed by atoms with Crippen LogP contribution in [-0.4, -0.2) is 53.9 Å². The van der Waals surface area contributed by atoms with Gasteiger partial charge in [-0.2, -0.15) is 0 Å². The van der Waals surface area contributed by atoms with Crippen LogP contribution in [0.25, 0.3) is 0 Å². The van der Waals surface area contributed by atoms with E-state index in [0.717, 1.165) is 30.8 Å². The summed E-state index contributed by atoms with van der Waals surface area (Å²) < 4.78 is 0. The van der Waals surface area contributed by atoms with Crippen molar-refractivity contribution in [1.29, 1.82) is 0 Å². The number of carbonyl (C=O) groups excluding carboxylic acids is 3. The number of carbonyl (C=O) groups is 3. The highest BCUT2D eigenvalue weighted by molar-refractivity contribution is 8.13. The van der Waals surface area contributed by atoms with Crippen LogP contribution in [0.4, 0.5) is 10.5 Å². The van der Waals surface area contributed by atoms with Gasteiger partial charge in [-0.15, -0.1) is 0 Å². The van der Waals surface area contributed by atoms with E-state index in [-0.39, 0.29) is 30.0 Å². The summed E-state index contributed by atoms with van der Waals surface area (Å²) in [5, 5.41) is 0.0144. The van der Waals surface area contributed by atoms with Gasteiger partial charge in [0.1, 0.15) is 0 Å². The molecule has 1 aromatic carbocycles. The molecule has 0 bridgehead atoms. The minimum absolute atomic E-state index is 0.0144. The third-order valence-electron chi connectivity index (χ3n) is 4.34. The van der Waals surface area contributed by atoms with Crippen LogP contribution in [0.15, 0.2) is 24.3 Å². The molecule has 134 valence electrons. The average molecular weight is 362 g/mol. The molecule has 1 fully saturated rings. The Balaban J connectivity index is 1.41. The number of nitrogens with one attached hydrogen (secondary N) is 2. The fourth-order valence-electron chi connectivity index (χ4n) is 3.06. The number of amides is 3. The van der Waals surface area contributed by atoms with Crippen molar-refractivity contribution >= 4 is 34.5 Å². The first-order chi connectivity index (χ1) is 12.1. The van der Waals surface area contributed by atoms with Crippen molar-refractivity contribution in [2.75, 3.05) is 36.8 Å². The van der Waals surface area contributed by atoms with Crippen LogP contribution in [-0.2, 0) is 16.0 Å². The van der Waals surface area contributed by atoms with Gasteiger partial charge in [0.25, 0.3) is 11.1 Å². The number of rotatable bonds is 5. The lowest BCUT2D eigenvalue weighted by molar-refractivity contribution is -0.128. The molecule has 2 aliphatic rings. The Hall–Kier alpha value is -2.22. The van der Waals surface area contributed by atoms with Gasteiger partial charge in [-0.3, -0.25) is 25.2 Å². The number of fused-ring (bicyclic) bond motifs is 1. The molecule has 0 radical (unpaired) electrons. The SMILES string of the molecule is O=C(CCN1CCSC1=O)NNC(=O)CN1CCCc2ccccc21. The molecule has 2 heterocycles. The van der Waals surface area contributed by atoms with E-state index in [1.807, 2.05) is 23.1 Å². The van der Waals surface area contributed by atoms with Gasteiger partial charge in [0.05, 0.1) is 6.54 Å². The van der Waals surface area contributed by atoms with E-state index in [1.54, 1.807) is 4.90 Å². The van der Waals surface area contributed by atoms with Crippen molar-refractivity contribution < 1.29 is 14.4 Å². The first-order valence-electron chi connectivity index (χ1n) is 8.46. The highest BCUT2D eigenvalue weighted by Crippen LogP contribution is 2.26. The topological polar surface area (TPSA) is 81.8 Å². The van der Waals surface area contributed by atoms with Crippen molar-refractivity contribution in [2.24, 2.45) is 0 Å². The molecule has 0 unspecified atom stereocenters. The fourth-order valence-corrected chi connectivity index (χ4v) is 3.91. The Morgan fingerprint density at radius 1 is 1.08 bits per heavy atom. The fraction of sp³-hybridized carbons (Fsp3) is 0.471. The maximum absolute atomic E-state index is 12.1. The summed E-state index contributed by atoms with van der Waals surface area (Å²) in [7, 11) is 0. The molecular formula is C17H22N4O3S. The number of nitrogens with zero attached hydrogens (tertiary/aromatic N) is 2. The minimum atomic E-state index is -0.294. The second kappa shape index (κ2) is 8.24. The lowest BCUT2D eigenvalue weighted by Crippen LogP contribution is -2.47. The molecule has 0 atom stereocenters. The monoisotopic (exact) mass is 362 g/mol. The van der Waals surface area contributed by atoms with Gasteiger partial charge in [0.2, 0.25) is 5.91 Å². The van der Waals surface area contributed by atoms with Crippen LogP contribution in [0, 0.1) is 0 Å². The molecule has 0 spiro atoms. The predicted octanol–water partition coefficient (Wildman–Crippen LogP) is 1.15. The van der Waals surface area contributed by atoms with Crippen LogP contribution >= 0.6 is 11.8 Å². The zero-order valence-corrected chi connectivity index (χ0v) is 14.8. The molecule has 0 aromatic heterocycles. The average Bonchev–Trinajstić information content (AvgIpc) is 3.03. The van der Waals surface area contributed by atoms with E-state index in [4.69, 9.17) is 0 Å². The number of anilines is 1. The molecule has 1 aromatic rings. The third-order valence-corrected chi connectivity index (χ3v) is 5.23. The first kappa shape index (κ1) is 17.6. The zero-order chi connectivity index (χ0) is 17.6. The molecule has 1 saturated heterocycles. The van der Waals surface area contributed by atoms with Gasteiger partial charge in [-0.25, -0.2) is 0 Å². The Morgan fingerprint density at radius 3 is 2.68 bits per heavy atom. The number of aryl methyl sites for hydroxylation is 1. The van der Waals surface area contributed by atoms with Crippen molar-refractivity contribution in [2.45, 2.75) is 19.3 Å². The molecule has 8 heteroatoms. The standard InChI is InChI=1S/C17H22N4O3S/c22-15(7-9-20-10-11-25-17(20)24)18-19-16(23)12-21-8-3-5-13-4-1-2-6-14(13)21/h1-2,4,6H,3,5,7-12H2,(H,18,22)(H,19,23). The van der Waals surface area contributed by atoms with E-state index in [9.17, 15) is 14.4 Å². The third kappa shape index (κ3) is 4.66. The minimum Gasteiger partial charge on any atom is -0.362 e. The second-order valence-electron chi connectivity index (χ2n) is 6.10. The van der Waals surface area contributed by atoms with E-state index in [0.29, 0.717) is 13.1 Å². The Bertz CT molecular complexity index is 667. The lowest BCUT2D eigenvalue weighted by atomic mass is 10.0. The molecule has 2 N–H and O–H groups in total.